The molecule has 0 aliphatic heterocycles. The summed E-state index contributed by atoms with van der Waals surface area (Å²) in [6.07, 6.45) is -2.19. The molecule has 0 saturated carbocycles. The average Bonchev–Trinajstić information content (AvgIpc) is 2.44. The van der Waals surface area contributed by atoms with E-state index in [0.717, 1.165) is 5.56 Å². The van der Waals surface area contributed by atoms with Crippen LogP contribution >= 0.6 is 0 Å². The van der Waals surface area contributed by atoms with Crippen LogP contribution in [0.5, 0.6) is 0 Å². The van der Waals surface area contributed by atoms with Gasteiger partial charge >= 0.3 is 18.9 Å². The predicted molar refractivity (Wildman–Crippen MR) is 59.3 cm³/mol. The summed E-state index contributed by atoms with van der Waals surface area (Å²) in [5.74, 6) is -10.7. The van der Waals surface area contributed by atoms with Gasteiger partial charge in [0.2, 0.25) is 5.82 Å². The molecular formula is C14H8F5LiO. The largest absolute Gasteiger partial charge is 1.00 e. The van der Waals surface area contributed by atoms with Gasteiger partial charge in [-0.25, -0.2) is 22.0 Å². The first-order valence-electron chi connectivity index (χ1n) is 5.58. The Morgan fingerprint density at radius 3 is 1.57 bits per heavy atom. The van der Waals surface area contributed by atoms with E-state index in [-0.39, 0.29) is 24.4 Å². The smallest absolute Gasteiger partial charge is 0.845 e. The molecule has 0 fully saturated rings. The Kier molecular flexibility index (Phi) is 5.57. The minimum Gasteiger partial charge on any atom is -0.845 e. The van der Waals surface area contributed by atoms with E-state index in [2.05, 4.69) is 0 Å². The summed E-state index contributed by atoms with van der Waals surface area (Å²) >= 11 is 0. The van der Waals surface area contributed by atoms with E-state index in [1.165, 1.54) is 24.3 Å². The SMILES string of the molecule is Cc1ccc(C([O-])c2c(F)c(F)c(F)c(F)c2F)cc1.[Li+]. The van der Waals surface area contributed by atoms with E-state index in [1.54, 1.807) is 6.92 Å². The first-order chi connectivity index (χ1) is 9.34. The van der Waals surface area contributed by atoms with Gasteiger partial charge < -0.3 is 5.11 Å². The predicted octanol–water partition coefficient (Wildman–Crippen LogP) is 0.144. The molecule has 7 heteroatoms. The Hall–Kier alpha value is -1.35. The van der Waals surface area contributed by atoms with Crippen molar-refractivity contribution >= 4 is 0 Å². The summed E-state index contributed by atoms with van der Waals surface area (Å²) < 4.78 is 66.0. The van der Waals surface area contributed by atoms with E-state index < -0.39 is 40.8 Å². The van der Waals surface area contributed by atoms with Crippen LogP contribution in [-0.4, -0.2) is 0 Å². The molecule has 0 N–H and O–H groups in total. The van der Waals surface area contributed by atoms with Gasteiger partial charge in [-0.15, -0.1) is 0 Å². The second kappa shape index (κ2) is 6.61. The van der Waals surface area contributed by atoms with Gasteiger partial charge in [0.1, 0.15) is 0 Å². The molecule has 1 unspecified atom stereocenters. The van der Waals surface area contributed by atoms with Gasteiger partial charge in [-0.05, 0) is 6.92 Å². The standard InChI is InChI=1S/C14H8F5O.Li/c1-6-2-4-7(5-3-6)14(20)8-9(15)11(17)13(19)12(18)10(8)16;/h2-5,14H,1H3;/q-1;+1. The van der Waals surface area contributed by atoms with Crippen LogP contribution in [0.25, 0.3) is 0 Å². The maximum Gasteiger partial charge on any atom is 1.00 e. The first-order valence-corrected chi connectivity index (χ1v) is 5.58. The van der Waals surface area contributed by atoms with Crippen molar-refractivity contribution in [3.63, 3.8) is 0 Å². The number of hydrogen-bond acceptors (Lipinski definition) is 1. The van der Waals surface area contributed by atoms with Crippen molar-refractivity contribution in [3.8, 4) is 0 Å². The Labute approximate surface area is 129 Å². The van der Waals surface area contributed by atoms with Crippen molar-refractivity contribution in [2.24, 2.45) is 0 Å². The minimum atomic E-state index is -2.28. The Morgan fingerprint density at radius 2 is 1.14 bits per heavy atom. The fourth-order valence-electron chi connectivity index (χ4n) is 1.76. The molecular weight excluding hydrogens is 286 g/mol. The Morgan fingerprint density at radius 1 is 0.762 bits per heavy atom. The molecule has 0 spiro atoms. The zero-order valence-electron chi connectivity index (χ0n) is 11.2. The first kappa shape index (κ1) is 17.7. The summed E-state index contributed by atoms with van der Waals surface area (Å²) in [5.41, 5.74) is -0.664. The third kappa shape index (κ3) is 3.13. The topological polar surface area (TPSA) is 23.1 Å². The third-order valence-corrected chi connectivity index (χ3v) is 2.89. The molecule has 0 amide bonds. The van der Waals surface area contributed by atoms with Crippen LogP contribution in [0, 0.1) is 36.0 Å². The monoisotopic (exact) mass is 294 g/mol. The molecule has 0 aliphatic carbocycles. The number of benzene rings is 2. The zero-order chi connectivity index (χ0) is 15.0. The maximum atomic E-state index is 13.5. The quantitative estimate of drug-likeness (QED) is 0.334. The molecule has 106 valence electrons. The molecule has 0 heterocycles. The molecule has 0 aromatic heterocycles. The third-order valence-electron chi connectivity index (χ3n) is 2.89. The molecule has 1 atom stereocenters. The molecule has 2 aromatic carbocycles. The summed E-state index contributed by atoms with van der Waals surface area (Å²) in [6.45, 7) is 1.72. The van der Waals surface area contributed by atoms with Gasteiger partial charge in [-0.3, -0.25) is 0 Å². The summed E-state index contributed by atoms with van der Waals surface area (Å²) in [5, 5.41) is 12.0. The second-order valence-electron chi connectivity index (χ2n) is 4.27. The number of rotatable bonds is 2. The molecule has 2 rings (SSSR count). The fourth-order valence-corrected chi connectivity index (χ4v) is 1.76. The van der Waals surface area contributed by atoms with Crippen LogP contribution in [0.15, 0.2) is 24.3 Å². The van der Waals surface area contributed by atoms with Gasteiger partial charge in [0, 0.05) is 5.56 Å². The van der Waals surface area contributed by atoms with Gasteiger partial charge in [-0.2, -0.15) is 0 Å². The Balaban J connectivity index is 0.00000220. The van der Waals surface area contributed by atoms with Gasteiger partial charge in [0.15, 0.2) is 23.3 Å². The van der Waals surface area contributed by atoms with E-state index in [9.17, 15) is 27.1 Å². The van der Waals surface area contributed by atoms with E-state index >= 15 is 0 Å². The van der Waals surface area contributed by atoms with Crippen molar-refractivity contribution in [2.45, 2.75) is 13.0 Å². The van der Waals surface area contributed by atoms with Crippen molar-refractivity contribution in [1.82, 2.24) is 0 Å². The van der Waals surface area contributed by atoms with Crippen LogP contribution in [0.3, 0.4) is 0 Å². The van der Waals surface area contributed by atoms with E-state index in [4.69, 9.17) is 0 Å². The number of hydrogen-bond donors (Lipinski definition) is 0. The van der Waals surface area contributed by atoms with Crippen LogP contribution in [-0.2, 0) is 0 Å². The van der Waals surface area contributed by atoms with Crippen molar-refractivity contribution in [1.29, 1.82) is 0 Å². The van der Waals surface area contributed by atoms with E-state index in [0.29, 0.717) is 0 Å². The van der Waals surface area contributed by atoms with Gasteiger partial charge in [-0.1, -0.05) is 41.5 Å². The molecule has 0 saturated heterocycles. The van der Waals surface area contributed by atoms with Crippen LogP contribution in [0.4, 0.5) is 22.0 Å². The molecule has 2 aromatic rings. The van der Waals surface area contributed by atoms with Gasteiger partial charge in [0.25, 0.3) is 0 Å². The van der Waals surface area contributed by atoms with Gasteiger partial charge in [0.05, 0.1) is 0 Å². The van der Waals surface area contributed by atoms with E-state index in [1.807, 2.05) is 0 Å². The number of aryl methyl sites for hydroxylation is 1. The maximum absolute atomic E-state index is 13.5. The van der Waals surface area contributed by atoms with Crippen molar-refractivity contribution < 1.29 is 45.9 Å². The zero-order valence-corrected chi connectivity index (χ0v) is 11.2. The molecule has 21 heavy (non-hydrogen) atoms. The van der Waals surface area contributed by atoms with Crippen molar-refractivity contribution in [2.75, 3.05) is 0 Å². The van der Waals surface area contributed by atoms with Crippen LogP contribution < -0.4 is 24.0 Å². The molecule has 1 nitrogen and oxygen atoms in total. The normalized spacial score (nSPS) is 12.0. The van der Waals surface area contributed by atoms with Crippen LogP contribution in [0.1, 0.15) is 22.8 Å². The number of halogens is 5. The Bertz CT molecular complexity index is 628. The summed E-state index contributed by atoms with van der Waals surface area (Å²) in [7, 11) is 0. The van der Waals surface area contributed by atoms with Crippen molar-refractivity contribution in [3.05, 3.63) is 70.0 Å². The summed E-state index contributed by atoms with van der Waals surface area (Å²) in [4.78, 5) is 0. The minimum absolute atomic E-state index is 0. The molecule has 0 bridgehead atoms. The van der Waals surface area contributed by atoms with Crippen LogP contribution in [0.2, 0.25) is 0 Å². The second-order valence-corrected chi connectivity index (χ2v) is 4.27. The average molecular weight is 294 g/mol. The summed E-state index contributed by atoms with van der Waals surface area (Å²) in [6, 6.07) is 5.58. The molecule has 0 radical (unpaired) electrons. The molecule has 0 aliphatic rings. The fraction of sp³-hybridized carbons (Fsp3) is 0.143.